The van der Waals surface area contributed by atoms with Crippen LogP contribution in [0.25, 0.3) is 10.9 Å². The molecule has 0 saturated carbocycles. The van der Waals surface area contributed by atoms with Crippen LogP contribution in [-0.2, 0) is 22.6 Å². The number of nitrogens with one attached hydrogen (secondary N) is 2. The van der Waals surface area contributed by atoms with Gasteiger partial charge in [0, 0.05) is 40.1 Å². The zero-order chi connectivity index (χ0) is 30.2. The number of hydrazone groups is 1. The molecule has 0 aliphatic carbocycles. The van der Waals surface area contributed by atoms with Crippen LogP contribution in [0.5, 0.6) is 5.75 Å². The van der Waals surface area contributed by atoms with Gasteiger partial charge in [-0.15, -0.1) is 0 Å². The minimum atomic E-state index is -0.857. The quantitative estimate of drug-likeness (QED) is 0.141. The Labute approximate surface area is 256 Å². The van der Waals surface area contributed by atoms with Crippen molar-refractivity contribution >= 4 is 40.5 Å². The second-order valence-corrected chi connectivity index (χ2v) is 10.8. The molecule has 5 aromatic rings. The van der Waals surface area contributed by atoms with Gasteiger partial charge in [0.1, 0.15) is 11.8 Å². The monoisotopic (exact) mass is 592 g/mol. The number of para-hydroxylation sites is 1. The van der Waals surface area contributed by atoms with Crippen molar-refractivity contribution in [2.45, 2.75) is 32.9 Å². The van der Waals surface area contributed by atoms with Crippen LogP contribution in [0.1, 0.15) is 27.9 Å². The van der Waals surface area contributed by atoms with E-state index in [1.807, 2.05) is 42.5 Å². The highest BCUT2D eigenvalue weighted by Gasteiger charge is 2.22. The predicted molar refractivity (Wildman–Crippen MR) is 172 cm³/mol. The van der Waals surface area contributed by atoms with Gasteiger partial charge in [0.25, 0.3) is 11.8 Å². The van der Waals surface area contributed by atoms with Gasteiger partial charge >= 0.3 is 0 Å². The van der Waals surface area contributed by atoms with Gasteiger partial charge in [0.15, 0.2) is 6.61 Å². The molecule has 0 aliphatic heterocycles. The van der Waals surface area contributed by atoms with Crippen molar-refractivity contribution in [3.8, 4) is 5.75 Å². The van der Waals surface area contributed by atoms with E-state index in [1.165, 1.54) is 11.1 Å². The van der Waals surface area contributed by atoms with Crippen LogP contribution >= 0.6 is 11.6 Å². The highest BCUT2D eigenvalue weighted by molar-refractivity contribution is 6.30. The molecular weight excluding hydrogens is 560 g/mol. The van der Waals surface area contributed by atoms with Gasteiger partial charge in [0.2, 0.25) is 0 Å². The van der Waals surface area contributed by atoms with Crippen LogP contribution in [0.15, 0.2) is 108 Å². The molecule has 2 N–H and O–H groups in total. The highest BCUT2D eigenvalue weighted by Crippen LogP contribution is 2.26. The summed E-state index contributed by atoms with van der Waals surface area (Å²) < 4.78 is 7.82. The largest absolute Gasteiger partial charge is 0.484 e. The van der Waals surface area contributed by atoms with E-state index in [2.05, 4.69) is 70.7 Å². The van der Waals surface area contributed by atoms with Crippen LogP contribution in [0.2, 0.25) is 5.02 Å². The van der Waals surface area contributed by atoms with E-state index in [0.29, 0.717) is 17.2 Å². The fraction of sp³-hybridized carbons (Fsp3) is 0.171. The van der Waals surface area contributed by atoms with E-state index >= 15 is 0 Å². The third kappa shape index (κ3) is 7.70. The number of rotatable bonds is 11. The molecule has 1 atom stereocenters. The summed E-state index contributed by atoms with van der Waals surface area (Å²) in [4.78, 5) is 26.1. The Bertz CT molecular complexity index is 1750. The first-order valence-corrected chi connectivity index (χ1v) is 14.4. The highest BCUT2D eigenvalue weighted by atomic mass is 35.5. The Morgan fingerprint density at radius 1 is 0.907 bits per heavy atom. The lowest BCUT2D eigenvalue weighted by atomic mass is 10.1. The molecule has 1 aromatic heterocycles. The summed E-state index contributed by atoms with van der Waals surface area (Å²) in [5.74, 6) is -0.351. The number of hydrogen-bond acceptors (Lipinski definition) is 4. The lowest BCUT2D eigenvalue weighted by Gasteiger charge is -2.17. The van der Waals surface area contributed by atoms with Gasteiger partial charge in [-0.2, -0.15) is 5.10 Å². The second-order valence-electron chi connectivity index (χ2n) is 10.4. The van der Waals surface area contributed by atoms with Crippen LogP contribution in [-0.4, -0.2) is 35.2 Å². The summed E-state index contributed by atoms with van der Waals surface area (Å²) in [6.45, 7) is 4.61. The molecule has 0 radical (unpaired) electrons. The number of carbonyl (C=O) groups excluding carboxylic acids is 2. The van der Waals surface area contributed by atoms with Gasteiger partial charge in [-0.1, -0.05) is 90.0 Å². The topological polar surface area (TPSA) is 84.7 Å². The molecule has 2 amide bonds. The first-order valence-electron chi connectivity index (χ1n) is 14.1. The van der Waals surface area contributed by atoms with Crippen molar-refractivity contribution in [3.05, 3.63) is 136 Å². The van der Waals surface area contributed by atoms with Crippen molar-refractivity contribution < 1.29 is 14.3 Å². The van der Waals surface area contributed by atoms with Crippen LogP contribution in [0.4, 0.5) is 0 Å². The average Bonchev–Trinajstić information content (AvgIpc) is 3.27. The SMILES string of the molecule is Cc1cccc(Cn2c(C)c(/C=N\NC(=O)[C@@H](Cc3ccccc3)NC(=O)COc3ccc(Cl)cc3)c3ccccc32)c1. The molecule has 1 heterocycles. The van der Waals surface area contributed by atoms with E-state index in [-0.39, 0.29) is 6.61 Å². The smallest absolute Gasteiger partial charge is 0.262 e. The average molecular weight is 593 g/mol. The fourth-order valence-corrected chi connectivity index (χ4v) is 5.16. The Balaban J connectivity index is 1.31. The second kappa shape index (κ2) is 13.9. The molecular formula is C35H33ClN4O3. The number of ether oxygens (including phenoxy) is 1. The maximum Gasteiger partial charge on any atom is 0.262 e. The van der Waals surface area contributed by atoms with Crippen LogP contribution in [0.3, 0.4) is 0 Å². The van der Waals surface area contributed by atoms with E-state index < -0.39 is 17.9 Å². The predicted octanol–water partition coefficient (Wildman–Crippen LogP) is 6.22. The summed E-state index contributed by atoms with van der Waals surface area (Å²) in [6.07, 6.45) is 1.97. The maximum absolute atomic E-state index is 13.3. The lowest BCUT2D eigenvalue weighted by molar-refractivity contribution is -0.130. The van der Waals surface area contributed by atoms with Crippen molar-refractivity contribution in [1.29, 1.82) is 0 Å². The standard InChI is InChI=1S/C35H33ClN4O3/c1-24-9-8-12-27(19-24)22-40-25(2)31(30-13-6-7-14-33(30)40)21-37-39-35(42)32(20-26-10-4-3-5-11-26)38-34(41)23-43-29-17-15-28(36)16-18-29/h3-19,21,32H,20,22-23H2,1-2H3,(H,38,41)(H,39,42)/b37-21-/t32-/m1/s1. The van der Waals surface area contributed by atoms with Gasteiger partial charge in [-0.05, 0) is 55.3 Å². The summed E-state index contributed by atoms with van der Waals surface area (Å²) in [7, 11) is 0. The van der Waals surface area contributed by atoms with Gasteiger partial charge in [-0.3, -0.25) is 9.59 Å². The van der Waals surface area contributed by atoms with Gasteiger partial charge in [0.05, 0.1) is 6.21 Å². The van der Waals surface area contributed by atoms with Crippen LogP contribution < -0.4 is 15.5 Å². The van der Waals surface area contributed by atoms with Gasteiger partial charge in [-0.25, -0.2) is 5.43 Å². The molecule has 4 aromatic carbocycles. The number of aryl methyl sites for hydroxylation is 1. The van der Waals surface area contributed by atoms with E-state index in [1.54, 1.807) is 30.5 Å². The molecule has 218 valence electrons. The number of carbonyl (C=O) groups is 2. The zero-order valence-corrected chi connectivity index (χ0v) is 24.8. The first-order chi connectivity index (χ1) is 20.9. The fourth-order valence-electron chi connectivity index (χ4n) is 5.03. The molecule has 0 bridgehead atoms. The molecule has 0 spiro atoms. The number of hydrogen-bond donors (Lipinski definition) is 2. The number of amides is 2. The Hall–Kier alpha value is -4.88. The summed E-state index contributed by atoms with van der Waals surface area (Å²) >= 11 is 5.92. The van der Waals surface area contributed by atoms with E-state index in [4.69, 9.17) is 16.3 Å². The molecule has 0 unspecified atom stereocenters. The van der Waals surface area contributed by atoms with Crippen molar-refractivity contribution in [2.24, 2.45) is 5.10 Å². The van der Waals surface area contributed by atoms with E-state index in [9.17, 15) is 9.59 Å². The Morgan fingerprint density at radius 3 is 2.40 bits per heavy atom. The molecule has 0 fully saturated rings. The van der Waals surface area contributed by atoms with Gasteiger partial charge < -0.3 is 14.6 Å². The summed E-state index contributed by atoms with van der Waals surface area (Å²) in [6, 6.07) is 32.0. The third-order valence-corrected chi connectivity index (χ3v) is 7.44. The van der Waals surface area contributed by atoms with Crippen LogP contribution in [0, 0.1) is 13.8 Å². The summed E-state index contributed by atoms with van der Waals surface area (Å²) in [5.41, 5.74) is 9.01. The number of benzene rings is 4. The van der Waals surface area contributed by atoms with E-state index in [0.717, 1.165) is 34.3 Å². The van der Waals surface area contributed by atoms with Crippen molar-refractivity contribution in [1.82, 2.24) is 15.3 Å². The lowest BCUT2D eigenvalue weighted by Crippen LogP contribution is -2.48. The summed E-state index contributed by atoms with van der Waals surface area (Å²) in [5, 5.41) is 8.73. The molecule has 43 heavy (non-hydrogen) atoms. The minimum Gasteiger partial charge on any atom is -0.484 e. The molecule has 0 aliphatic rings. The number of halogens is 1. The first kappa shape index (κ1) is 29.6. The maximum atomic E-state index is 13.3. The minimum absolute atomic E-state index is 0.247. The normalized spacial score (nSPS) is 11.9. The molecule has 7 nitrogen and oxygen atoms in total. The van der Waals surface area contributed by atoms with Crippen molar-refractivity contribution in [2.75, 3.05) is 6.61 Å². The molecule has 8 heteroatoms. The Morgan fingerprint density at radius 2 is 1.63 bits per heavy atom. The number of aromatic nitrogens is 1. The number of fused-ring (bicyclic) bond motifs is 1. The third-order valence-electron chi connectivity index (χ3n) is 7.19. The van der Waals surface area contributed by atoms with Crippen molar-refractivity contribution in [3.63, 3.8) is 0 Å². The molecule has 0 saturated heterocycles. The number of nitrogens with zero attached hydrogens (tertiary/aromatic N) is 2. The molecule has 5 rings (SSSR count). The Kier molecular flexibility index (Phi) is 9.54. The zero-order valence-electron chi connectivity index (χ0n) is 24.1.